The van der Waals surface area contributed by atoms with Crippen molar-refractivity contribution in [1.82, 2.24) is 24.2 Å². The number of ether oxygens (including phenoxy) is 1. The molecule has 0 aliphatic carbocycles. The molecule has 264 valence electrons. The summed E-state index contributed by atoms with van der Waals surface area (Å²) < 4.78 is 32.6. The topological polar surface area (TPSA) is 124 Å². The smallest absolute Gasteiger partial charge is 0.246 e. The Bertz CT molecular complexity index is 1780. The van der Waals surface area contributed by atoms with Gasteiger partial charge in [0.1, 0.15) is 11.6 Å². The number of hydrogen-bond donors (Lipinski definition) is 1. The van der Waals surface area contributed by atoms with E-state index >= 15 is 0 Å². The summed E-state index contributed by atoms with van der Waals surface area (Å²) in [5.74, 6) is 1.90. The van der Waals surface area contributed by atoms with Crippen LogP contribution in [0.1, 0.15) is 70.9 Å². The first kappa shape index (κ1) is 35.0. The minimum absolute atomic E-state index is 0.0332. The fraction of sp³-hybridized carbons (Fsp3) is 0.556. The van der Waals surface area contributed by atoms with E-state index in [9.17, 15) is 13.2 Å². The molecule has 2 aromatic heterocycles. The molecule has 3 aromatic rings. The lowest BCUT2D eigenvalue weighted by molar-refractivity contribution is -0.128. The van der Waals surface area contributed by atoms with Crippen LogP contribution in [0.3, 0.4) is 0 Å². The van der Waals surface area contributed by atoms with Crippen LogP contribution in [0.15, 0.2) is 49.3 Å². The number of nitrogens with zero attached hydrogens (tertiary/aromatic N) is 7. The van der Waals surface area contributed by atoms with E-state index in [2.05, 4.69) is 51.8 Å². The summed E-state index contributed by atoms with van der Waals surface area (Å²) in [5.41, 5.74) is 2.06. The van der Waals surface area contributed by atoms with Crippen LogP contribution in [-0.4, -0.2) is 102 Å². The maximum absolute atomic E-state index is 13.2. The number of pyridine rings is 1. The lowest BCUT2D eigenvalue weighted by atomic mass is 9.91. The Morgan fingerprint density at radius 2 is 1.84 bits per heavy atom. The Morgan fingerprint density at radius 1 is 1.06 bits per heavy atom. The number of rotatable bonds is 10. The Labute approximate surface area is 290 Å². The fourth-order valence-electron chi connectivity index (χ4n) is 7.87. The van der Waals surface area contributed by atoms with Crippen LogP contribution in [0.25, 0.3) is 10.8 Å². The highest BCUT2D eigenvalue weighted by Gasteiger charge is 2.44. The number of nitrogens with one attached hydrogen (secondary N) is 1. The van der Waals surface area contributed by atoms with Gasteiger partial charge in [-0.05, 0) is 81.7 Å². The van der Waals surface area contributed by atoms with Gasteiger partial charge >= 0.3 is 0 Å². The van der Waals surface area contributed by atoms with E-state index in [1.807, 2.05) is 31.0 Å². The summed E-state index contributed by atoms with van der Waals surface area (Å²) in [7, 11) is -1.61. The lowest BCUT2D eigenvalue weighted by Crippen LogP contribution is -2.68. The van der Waals surface area contributed by atoms with Gasteiger partial charge in [-0.1, -0.05) is 25.5 Å². The van der Waals surface area contributed by atoms with Gasteiger partial charge in [0.25, 0.3) is 0 Å². The molecule has 0 radical (unpaired) electrons. The zero-order chi connectivity index (χ0) is 34.9. The number of anilines is 4. The number of carbonyl (C=O) groups is 1. The molecule has 3 aliphatic heterocycles. The molecule has 3 aliphatic rings. The molecule has 13 heteroatoms. The third kappa shape index (κ3) is 7.25. The van der Waals surface area contributed by atoms with Crippen molar-refractivity contribution in [3.63, 3.8) is 0 Å². The number of aromatic nitrogens is 3. The van der Waals surface area contributed by atoms with Gasteiger partial charge in [0.15, 0.2) is 0 Å². The Hall–Kier alpha value is -3.81. The minimum Gasteiger partial charge on any atom is -0.381 e. The summed E-state index contributed by atoms with van der Waals surface area (Å²) in [6.07, 6.45) is 12.4. The second-order valence-electron chi connectivity index (χ2n) is 13.8. The van der Waals surface area contributed by atoms with Crippen molar-refractivity contribution in [2.45, 2.75) is 89.6 Å². The van der Waals surface area contributed by atoms with Gasteiger partial charge in [0.2, 0.25) is 21.9 Å². The van der Waals surface area contributed by atoms with Crippen LogP contribution in [0.5, 0.6) is 0 Å². The summed E-state index contributed by atoms with van der Waals surface area (Å²) in [6.45, 7) is 12.6. The average Bonchev–Trinajstić information content (AvgIpc) is 3.34. The first-order valence-corrected chi connectivity index (χ1v) is 19.3. The molecule has 3 saturated heterocycles. The molecule has 0 spiro atoms. The number of likely N-dealkylation sites (tertiary alicyclic amines) is 1. The third-order valence-corrected chi connectivity index (χ3v) is 11.9. The molecule has 0 saturated carbocycles. The minimum atomic E-state index is -3.37. The van der Waals surface area contributed by atoms with Crippen LogP contribution >= 0.6 is 0 Å². The van der Waals surface area contributed by atoms with Crippen LogP contribution in [-0.2, 0) is 19.6 Å². The molecular weight excluding hydrogens is 641 g/mol. The van der Waals surface area contributed by atoms with E-state index in [-0.39, 0.29) is 36.2 Å². The van der Waals surface area contributed by atoms with Crippen LogP contribution in [0, 0.1) is 0 Å². The van der Waals surface area contributed by atoms with Crippen molar-refractivity contribution in [3.05, 3.63) is 54.9 Å². The Morgan fingerprint density at radius 3 is 2.51 bits per heavy atom. The van der Waals surface area contributed by atoms with E-state index in [0.717, 1.165) is 73.6 Å². The van der Waals surface area contributed by atoms with Crippen molar-refractivity contribution >= 4 is 50.0 Å². The molecule has 1 amide bonds. The Balaban J connectivity index is 1.37. The number of piperidine rings is 1. The fourth-order valence-corrected chi connectivity index (χ4v) is 9.38. The summed E-state index contributed by atoms with van der Waals surface area (Å²) in [6, 6.07) is 7.75. The predicted molar refractivity (Wildman–Crippen MR) is 195 cm³/mol. The zero-order valence-electron chi connectivity index (χ0n) is 29.4. The van der Waals surface area contributed by atoms with E-state index < -0.39 is 10.0 Å². The van der Waals surface area contributed by atoms with Gasteiger partial charge in [-0.15, -0.1) is 0 Å². The highest BCUT2D eigenvalue weighted by molar-refractivity contribution is 7.88. The average molecular weight is 691 g/mol. The number of benzene rings is 1. The van der Waals surface area contributed by atoms with E-state index in [0.29, 0.717) is 30.7 Å². The molecule has 12 nitrogen and oxygen atoms in total. The molecule has 49 heavy (non-hydrogen) atoms. The van der Waals surface area contributed by atoms with E-state index in [4.69, 9.17) is 14.7 Å². The van der Waals surface area contributed by atoms with Crippen LogP contribution in [0.2, 0.25) is 0 Å². The quantitative estimate of drug-likeness (QED) is 0.282. The largest absolute Gasteiger partial charge is 0.381 e. The molecule has 0 unspecified atom stereocenters. The summed E-state index contributed by atoms with van der Waals surface area (Å²) in [5, 5.41) is 5.38. The normalized spacial score (nSPS) is 22.3. The molecule has 1 N–H and O–H groups in total. The monoisotopic (exact) mass is 690 g/mol. The number of fused-ring (bicyclic) bond motifs is 1. The zero-order valence-corrected chi connectivity index (χ0v) is 30.2. The van der Waals surface area contributed by atoms with Gasteiger partial charge < -0.3 is 24.8 Å². The molecule has 3 fully saturated rings. The molecule has 3 atom stereocenters. The Kier molecular flexibility index (Phi) is 10.4. The first-order valence-electron chi connectivity index (χ1n) is 17.5. The maximum atomic E-state index is 13.2. The highest BCUT2D eigenvalue weighted by atomic mass is 32.2. The van der Waals surface area contributed by atoms with Gasteiger partial charge in [0.05, 0.1) is 24.4 Å². The van der Waals surface area contributed by atoms with Crippen molar-refractivity contribution in [3.8, 4) is 0 Å². The van der Waals surface area contributed by atoms with Gasteiger partial charge in [-0.25, -0.2) is 18.4 Å². The van der Waals surface area contributed by atoms with Crippen molar-refractivity contribution in [2.75, 3.05) is 54.7 Å². The molecule has 1 aromatic carbocycles. The van der Waals surface area contributed by atoms with Gasteiger partial charge in [-0.3, -0.25) is 4.79 Å². The molecular formula is C36H50N8O4S. The van der Waals surface area contributed by atoms with Crippen molar-refractivity contribution in [2.24, 2.45) is 0 Å². The van der Waals surface area contributed by atoms with Gasteiger partial charge in [0, 0.05) is 68.8 Å². The third-order valence-electron chi connectivity index (χ3n) is 10.4. The summed E-state index contributed by atoms with van der Waals surface area (Å²) >= 11 is 0. The SMILES string of the molecule is C=CC(=O)N1CCCCC[C@@H]1c1ccc(N2C[C@H](N(C(C)C)S(C)(=O)=O)[C@H]2C)c2cnc(Nc3ccnc(N4CCC(OC)CC4)n3)cc12. The second-order valence-corrected chi connectivity index (χ2v) is 15.7. The van der Waals surface area contributed by atoms with E-state index in [1.165, 1.54) is 12.3 Å². The number of methoxy groups -OCH3 is 1. The van der Waals surface area contributed by atoms with Gasteiger partial charge in [-0.2, -0.15) is 9.29 Å². The number of amides is 1. The second kappa shape index (κ2) is 14.6. The summed E-state index contributed by atoms with van der Waals surface area (Å²) in [4.78, 5) is 33.8. The lowest BCUT2D eigenvalue weighted by Gasteiger charge is -2.53. The standard InChI is InChI=1S/C36H50N8O4S/c1-7-35(45)42-18-10-8-9-11-30(42)27-12-13-31(43-23-32(25(43)4)44(24(2)3)49(6,46)47)29-22-38-34(21-28(27)29)39-33-14-17-37-36(40-33)41-19-15-26(48-5)16-20-41/h7,12-14,17,21-22,24-26,30,32H,1,8-11,15-16,18-20,23H2,2-6H3,(H,37,38,39,40)/t25-,30-,32+/m1/s1. The van der Waals surface area contributed by atoms with Crippen LogP contribution < -0.4 is 15.1 Å². The molecule has 6 rings (SSSR count). The number of sulfonamides is 1. The highest BCUT2D eigenvalue weighted by Crippen LogP contribution is 2.42. The molecule has 5 heterocycles. The van der Waals surface area contributed by atoms with Crippen molar-refractivity contribution in [1.29, 1.82) is 0 Å². The molecule has 0 bridgehead atoms. The predicted octanol–water partition coefficient (Wildman–Crippen LogP) is 5.26. The van der Waals surface area contributed by atoms with Crippen molar-refractivity contribution < 1.29 is 17.9 Å². The maximum Gasteiger partial charge on any atom is 0.246 e. The first-order chi connectivity index (χ1) is 23.5. The number of carbonyl (C=O) groups excluding carboxylic acids is 1. The number of hydrogen-bond acceptors (Lipinski definition) is 10. The van der Waals surface area contributed by atoms with Crippen LogP contribution in [0.4, 0.5) is 23.3 Å². The van der Waals surface area contributed by atoms with E-state index in [1.54, 1.807) is 17.6 Å².